The van der Waals surface area contributed by atoms with Gasteiger partial charge >= 0.3 is 5.97 Å². The zero-order chi connectivity index (χ0) is 15.2. The molecule has 1 N–H and O–H groups in total. The molecule has 114 valence electrons. The Morgan fingerprint density at radius 2 is 2.29 bits per heavy atom. The summed E-state index contributed by atoms with van der Waals surface area (Å²) in [5.41, 5.74) is 0. The van der Waals surface area contributed by atoms with E-state index >= 15 is 0 Å². The van der Waals surface area contributed by atoms with Crippen LogP contribution in [0.3, 0.4) is 0 Å². The second-order valence-electron chi connectivity index (χ2n) is 4.86. The molecule has 2 rings (SSSR count). The summed E-state index contributed by atoms with van der Waals surface area (Å²) in [7, 11) is 1.35. The van der Waals surface area contributed by atoms with Gasteiger partial charge in [0.05, 0.1) is 24.4 Å². The van der Waals surface area contributed by atoms with E-state index in [4.69, 9.17) is 4.74 Å². The van der Waals surface area contributed by atoms with Crippen LogP contribution in [0.4, 0.5) is 0 Å². The number of methoxy groups -OCH3 is 1. The predicted molar refractivity (Wildman–Crippen MR) is 78.0 cm³/mol. The Kier molecular flexibility index (Phi) is 5.32. The number of carbonyl (C=O) groups is 3. The summed E-state index contributed by atoms with van der Waals surface area (Å²) in [6.45, 7) is 0.923. The summed E-state index contributed by atoms with van der Waals surface area (Å²) in [6.07, 6.45) is 1.50. The summed E-state index contributed by atoms with van der Waals surface area (Å²) in [4.78, 5) is 37.6. The van der Waals surface area contributed by atoms with E-state index in [2.05, 4.69) is 5.32 Å². The molecule has 0 aromatic carbocycles. The van der Waals surface area contributed by atoms with Crippen LogP contribution in [0.5, 0.6) is 0 Å². The highest BCUT2D eigenvalue weighted by atomic mass is 32.1. The summed E-state index contributed by atoms with van der Waals surface area (Å²) in [6, 6.07) is 3.49. The maximum atomic E-state index is 12.1. The molecule has 7 heteroatoms. The van der Waals surface area contributed by atoms with E-state index in [0.29, 0.717) is 18.0 Å². The first-order valence-corrected chi connectivity index (χ1v) is 7.67. The standard InChI is InChI=1S/C14H18N2O4S/c1-20-14(19)10-4-2-6-16(9-10)12(17)8-15-13(18)11-5-3-7-21-11/h3,5,7,10H,2,4,6,8-9H2,1H3,(H,15,18). The molecular formula is C14H18N2O4S. The maximum Gasteiger partial charge on any atom is 0.310 e. The number of piperidine rings is 1. The van der Waals surface area contributed by atoms with Gasteiger partial charge in [0.15, 0.2) is 0 Å². The number of ether oxygens (including phenoxy) is 1. The van der Waals surface area contributed by atoms with Crippen molar-refractivity contribution >= 4 is 29.1 Å². The van der Waals surface area contributed by atoms with Gasteiger partial charge in [-0.2, -0.15) is 0 Å². The monoisotopic (exact) mass is 310 g/mol. The Labute approximate surface area is 127 Å². The second-order valence-corrected chi connectivity index (χ2v) is 5.81. The first kappa shape index (κ1) is 15.5. The van der Waals surface area contributed by atoms with Gasteiger partial charge in [0.1, 0.15) is 0 Å². The predicted octanol–water partition coefficient (Wildman–Crippen LogP) is 0.889. The third kappa shape index (κ3) is 4.04. The number of rotatable bonds is 4. The van der Waals surface area contributed by atoms with Crippen molar-refractivity contribution in [1.29, 1.82) is 0 Å². The Morgan fingerprint density at radius 3 is 2.95 bits per heavy atom. The van der Waals surface area contributed by atoms with Gasteiger partial charge < -0.3 is 15.0 Å². The van der Waals surface area contributed by atoms with E-state index in [9.17, 15) is 14.4 Å². The van der Waals surface area contributed by atoms with Gasteiger partial charge in [0.25, 0.3) is 5.91 Å². The van der Waals surface area contributed by atoms with Crippen LogP contribution in [-0.4, -0.2) is 49.4 Å². The fraction of sp³-hybridized carbons (Fsp3) is 0.500. The van der Waals surface area contributed by atoms with E-state index in [-0.39, 0.29) is 30.2 Å². The van der Waals surface area contributed by atoms with Gasteiger partial charge in [-0.1, -0.05) is 6.07 Å². The number of likely N-dealkylation sites (tertiary alicyclic amines) is 1. The molecule has 1 atom stereocenters. The molecule has 1 aromatic rings. The first-order valence-electron chi connectivity index (χ1n) is 6.79. The van der Waals surface area contributed by atoms with Gasteiger partial charge in [-0.05, 0) is 24.3 Å². The molecule has 1 unspecified atom stereocenters. The minimum Gasteiger partial charge on any atom is -0.469 e. The van der Waals surface area contributed by atoms with E-state index in [1.807, 2.05) is 5.38 Å². The van der Waals surface area contributed by atoms with Crippen LogP contribution in [0.25, 0.3) is 0 Å². The van der Waals surface area contributed by atoms with Gasteiger partial charge in [-0.3, -0.25) is 14.4 Å². The molecule has 0 aliphatic carbocycles. The van der Waals surface area contributed by atoms with Crippen LogP contribution in [0.15, 0.2) is 17.5 Å². The van der Waals surface area contributed by atoms with E-state index in [0.717, 1.165) is 12.8 Å². The number of hydrogen-bond acceptors (Lipinski definition) is 5. The number of esters is 1. The van der Waals surface area contributed by atoms with Crippen LogP contribution in [0.1, 0.15) is 22.5 Å². The van der Waals surface area contributed by atoms with Gasteiger partial charge in [-0.25, -0.2) is 0 Å². The smallest absolute Gasteiger partial charge is 0.310 e. The van der Waals surface area contributed by atoms with Crippen molar-refractivity contribution in [2.45, 2.75) is 12.8 Å². The van der Waals surface area contributed by atoms with Crippen LogP contribution < -0.4 is 5.32 Å². The molecule has 0 bridgehead atoms. The average molecular weight is 310 g/mol. The number of hydrogen-bond donors (Lipinski definition) is 1. The number of amides is 2. The van der Waals surface area contributed by atoms with Crippen LogP contribution in [0.2, 0.25) is 0 Å². The van der Waals surface area contributed by atoms with E-state index in [1.54, 1.807) is 17.0 Å². The molecule has 1 aliphatic heterocycles. The number of thiophene rings is 1. The molecule has 1 saturated heterocycles. The zero-order valence-electron chi connectivity index (χ0n) is 11.8. The minimum atomic E-state index is -0.282. The van der Waals surface area contributed by atoms with Crippen molar-refractivity contribution in [3.05, 3.63) is 22.4 Å². The lowest BCUT2D eigenvalue weighted by Crippen LogP contribution is -2.46. The molecule has 1 aromatic heterocycles. The largest absolute Gasteiger partial charge is 0.469 e. The van der Waals surface area contributed by atoms with Crippen LogP contribution in [0, 0.1) is 5.92 Å². The molecule has 6 nitrogen and oxygen atoms in total. The Bertz CT molecular complexity index is 515. The van der Waals surface area contributed by atoms with Crippen LogP contribution >= 0.6 is 11.3 Å². The fourth-order valence-electron chi connectivity index (χ4n) is 2.33. The highest BCUT2D eigenvalue weighted by Crippen LogP contribution is 2.17. The molecule has 1 fully saturated rings. The Balaban J connectivity index is 1.82. The summed E-state index contributed by atoms with van der Waals surface area (Å²) in [5, 5.41) is 4.41. The van der Waals surface area contributed by atoms with E-state index < -0.39 is 0 Å². The van der Waals surface area contributed by atoms with Gasteiger partial charge in [-0.15, -0.1) is 11.3 Å². The quantitative estimate of drug-likeness (QED) is 0.838. The lowest BCUT2D eigenvalue weighted by molar-refractivity contribution is -0.148. The Hall–Kier alpha value is -1.89. The van der Waals surface area contributed by atoms with E-state index in [1.165, 1.54) is 18.4 Å². The Morgan fingerprint density at radius 1 is 1.48 bits per heavy atom. The van der Waals surface area contributed by atoms with Crippen molar-refractivity contribution in [2.24, 2.45) is 5.92 Å². The number of nitrogens with one attached hydrogen (secondary N) is 1. The lowest BCUT2D eigenvalue weighted by Gasteiger charge is -2.31. The SMILES string of the molecule is COC(=O)C1CCCN(C(=O)CNC(=O)c2cccs2)C1. The van der Waals surface area contributed by atoms with Crippen molar-refractivity contribution in [1.82, 2.24) is 10.2 Å². The highest BCUT2D eigenvalue weighted by Gasteiger charge is 2.28. The van der Waals surface area contributed by atoms with Crippen LogP contribution in [-0.2, 0) is 14.3 Å². The zero-order valence-corrected chi connectivity index (χ0v) is 12.6. The lowest BCUT2D eigenvalue weighted by atomic mass is 9.98. The summed E-state index contributed by atoms with van der Waals surface area (Å²) < 4.78 is 4.72. The molecular weight excluding hydrogens is 292 g/mol. The van der Waals surface area contributed by atoms with Gasteiger partial charge in [0.2, 0.25) is 5.91 Å². The number of carbonyl (C=O) groups excluding carboxylic acids is 3. The number of nitrogens with zero attached hydrogens (tertiary/aromatic N) is 1. The highest BCUT2D eigenvalue weighted by molar-refractivity contribution is 7.12. The van der Waals surface area contributed by atoms with Gasteiger partial charge in [0, 0.05) is 13.1 Å². The van der Waals surface area contributed by atoms with Crippen molar-refractivity contribution < 1.29 is 19.1 Å². The summed E-state index contributed by atoms with van der Waals surface area (Å²) in [5.74, 6) is -0.968. The molecule has 1 aliphatic rings. The molecule has 0 saturated carbocycles. The minimum absolute atomic E-state index is 0.0510. The molecule has 21 heavy (non-hydrogen) atoms. The molecule has 0 radical (unpaired) electrons. The average Bonchev–Trinajstić information content (AvgIpc) is 3.06. The van der Waals surface area contributed by atoms with Crippen molar-refractivity contribution in [3.8, 4) is 0 Å². The fourth-order valence-corrected chi connectivity index (χ4v) is 2.97. The molecule has 0 spiro atoms. The third-order valence-electron chi connectivity index (χ3n) is 3.45. The first-order chi connectivity index (χ1) is 10.1. The normalized spacial score (nSPS) is 18.1. The third-order valence-corrected chi connectivity index (χ3v) is 4.32. The second kappa shape index (κ2) is 7.21. The maximum absolute atomic E-state index is 12.1. The molecule has 2 heterocycles. The summed E-state index contributed by atoms with van der Waals surface area (Å²) >= 11 is 1.33. The molecule has 2 amide bonds. The van der Waals surface area contributed by atoms with Crippen molar-refractivity contribution in [3.63, 3.8) is 0 Å². The topological polar surface area (TPSA) is 75.7 Å². The van der Waals surface area contributed by atoms with Crippen molar-refractivity contribution in [2.75, 3.05) is 26.7 Å².